The number of nitrogens with two attached hydrogens (primary N) is 1. The van der Waals surface area contributed by atoms with Crippen molar-refractivity contribution in [1.29, 1.82) is 0 Å². The Kier molecular flexibility index (Phi) is 2.83. The van der Waals surface area contributed by atoms with Gasteiger partial charge in [0.15, 0.2) is 0 Å². The molecule has 0 fully saturated rings. The lowest BCUT2D eigenvalue weighted by atomic mass is 9.98. The summed E-state index contributed by atoms with van der Waals surface area (Å²) >= 11 is 0. The first kappa shape index (κ1) is 11.9. The maximum absolute atomic E-state index is 11.3. The SMILES string of the molecule is Cc1nc(-c2ccc3c(c2)CCC(=O)N3)c(CN)[nH]1. The summed E-state index contributed by atoms with van der Waals surface area (Å²) in [5, 5.41) is 2.88. The van der Waals surface area contributed by atoms with Gasteiger partial charge in [-0.3, -0.25) is 4.79 Å². The first-order valence-corrected chi connectivity index (χ1v) is 6.36. The number of anilines is 1. The van der Waals surface area contributed by atoms with Gasteiger partial charge < -0.3 is 16.0 Å². The van der Waals surface area contributed by atoms with E-state index in [2.05, 4.69) is 21.4 Å². The lowest BCUT2D eigenvalue weighted by molar-refractivity contribution is -0.116. The summed E-state index contributed by atoms with van der Waals surface area (Å²) < 4.78 is 0. The third-order valence-corrected chi connectivity index (χ3v) is 3.38. The van der Waals surface area contributed by atoms with Gasteiger partial charge in [0.05, 0.1) is 11.4 Å². The minimum absolute atomic E-state index is 0.0820. The van der Waals surface area contributed by atoms with E-state index in [1.807, 2.05) is 19.1 Å². The number of aromatic nitrogens is 2. The Labute approximate surface area is 111 Å². The molecule has 3 rings (SSSR count). The summed E-state index contributed by atoms with van der Waals surface area (Å²) in [4.78, 5) is 19.0. The molecular weight excluding hydrogens is 240 g/mol. The molecule has 2 aromatic rings. The normalized spacial score (nSPS) is 14.1. The monoisotopic (exact) mass is 256 g/mol. The Bertz CT molecular complexity index is 645. The molecule has 1 amide bonds. The number of amides is 1. The number of nitrogens with zero attached hydrogens (tertiary/aromatic N) is 1. The predicted octanol–water partition coefficient (Wildman–Crippen LogP) is 1.73. The van der Waals surface area contributed by atoms with E-state index in [1.165, 1.54) is 0 Å². The van der Waals surface area contributed by atoms with Gasteiger partial charge in [-0.15, -0.1) is 0 Å². The van der Waals surface area contributed by atoms with Crippen LogP contribution in [0.3, 0.4) is 0 Å². The van der Waals surface area contributed by atoms with Crippen molar-refractivity contribution in [2.75, 3.05) is 5.32 Å². The van der Waals surface area contributed by atoms with E-state index in [9.17, 15) is 4.79 Å². The van der Waals surface area contributed by atoms with Crippen molar-refractivity contribution in [3.05, 3.63) is 35.3 Å². The van der Waals surface area contributed by atoms with Gasteiger partial charge in [-0.25, -0.2) is 4.98 Å². The number of imidazole rings is 1. The van der Waals surface area contributed by atoms with Gasteiger partial charge in [-0.2, -0.15) is 0 Å². The van der Waals surface area contributed by atoms with Crippen LogP contribution in [0.15, 0.2) is 18.2 Å². The van der Waals surface area contributed by atoms with Crippen LogP contribution in [0.2, 0.25) is 0 Å². The largest absolute Gasteiger partial charge is 0.345 e. The molecule has 0 bridgehead atoms. The number of H-pyrrole nitrogens is 1. The van der Waals surface area contributed by atoms with Crippen LogP contribution in [0, 0.1) is 6.92 Å². The number of nitrogens with one attached hydrogen (secondary N) is 2. The Balaban J connectivity index is 2.04. The average Bonchev–Trinajstić information content (AvgIpc) is 2.79. The number of fused-ring (bicyclic) bond motifs is 1. The van der Waals surface area contributed by atoms with Crippen molar-refractivity contribution < 1.29 is 4.79 Å². The zero-order chi connectivity index (χ0) is 13.4. The molecule has 1 aromatic carbocycles. The molecule has 0 saturated carbocycles. The Morgan fingerprint density at radius 1 is 1.37 bits per heavy atom. The van der Waals surface area contributed by atoms with Crippen LogP contribution < -0.4 is 11.1 Å². The Morgan fingerprint density at radius 2 is 2.21 bits per heavy atom. The van der Waals surface area contributed by atoms with Crippen molar-refractivity contribution in [3.63, 3.8) is 0 Å². The smallest absolute Gasteiger partial charge is 0.224 e. The number of carbonyl (C=O) groups is 1. The minimum Gasteiger partial charge on any atom is -0.345 e. The van der Waals surface area contributed by atoms with E-state index >= 15 is 0 Å². The van der Waals surface area contributed by atoms with Gasteiger partial charge in [-0.05, 0) is 31.0 Å². The standard InChI is InChI=1S/C14H16N4O/c1-8-16-12(7-15)14(17-8)10-2-4-11-9(6-10)3-5-13(19)18-11/h2,4,6H,3,5,7,15H2,1H3,(H,16,17)(H,18,19). The highest BCUT2D eigenvalue weighted by Crippen LogP contribution is 2.29. The maximum Gasteiger partial charge on any atom is 0.224 e. The van der Waals surface area contributed by atoms with Crippen molar-refractivity contribution in [1.82, 2.24) is 9.97 Å². The van der Waals surface area contributed by atoms with Gasteiger partial charge in [-0.1, -0.05) is 6.07 Å². The number of rotatable bonds is 2. The second-order valence-electron chi connectivity index (χ2n) is 4.77. The topological polar surface area (TPSA) is 83.8 Å². The van der Waals surface area contributed by atoms with E-state index in [1.54, 1.807) is 0 Å². The zero-order valence-electron chi connectivity index (χ0n) is 10.8. The molecule has 0 spiro atoms. The zero-order valence-corrected chi connectivity index (χ0v) is 10.8. The molecule has 5 heteroatoms. The number of benzene rings is 1. The second-order valence-corrected chi connectivity index (χ2v) is 4.77. The molecule has 98 valence electrons. The molecule has 0 aliphatic carbocycles. The summed E-state index contributed by atoms with van der Waals surface area (Å²) in [6, 6.07) is 5.99. The molecule has 2 heterocycles. The first-order valence-electron chi connectivity index (χ1n) is 6.36. The third kappa shape index (κ3) is 2.13. The fourth-order valence-corrected chi connectivity index (χ4v) is 2.46. The third-order valence-electron chi connectivity index (χ3n) is 3.38. The van der Waals surface area contributed by atoms with E-state index in [-0.39, 0.29) is 5.91 Å². The molecular formula is C14H16N4O. The van der Waals surface area contributed by atoms with Crippen LogP contribution in [0.4, 0.5) is 5.69 Å². The van der Waals surface area contributed by atoms with Crippen LogP contribution >= 0.6 is 0 Å². The Morgan fingerprint density at radius 3 is 3.00 bits per heavy atom. The lowest BCUT2D eigenvalue weighted by Crippen LogP contribution is -2.18. The molecule has 4 N–H and O–H groups in total. The van der Waals surface area contributed by atoms with E-state index in [0.29, 0.717) is 13.0 Å². The first-order chi connectivity index (χ1) is 9.17. The van der Waals surface area contributed by atoms with E-state index in [4.69, 9.17) is 5.73 Å². The molecule has 0 saturated heterocycles. The second kappa shape index (κ2) is 4.51. The van der Waals surface area contributed by atoms with Crippen LogP contribution in [0.1, 0.15) is 23.5 Å². The Hall–Kier alpha value is -2.14. The van der Waals surface area contributed by atoms with Gasteiger partial charge in [0, 0.05) is 24.2 Å². The molecule has 1 aliphatic rings. The highest BCUT2D eigenvalue weighted by molar-refractivity contribution is 5.94. The van der Waals surface area contributed by atoms with Crippen molar-refractivity contribution in [3.8, 4) is 11.3 Å². The number of aromatic amines is 1. The van der Waals surface area contributed by atoms with E-state index in [0.717, 1.165) is 40.4 Å². The number of aryl methyl sites for hydroxylation is 2. The summed E-state index contributed by atoms with van der Waals surface area (Å²) in [6.07, 6.45) is 1.32. The maximum atomic E-state index is 11.3. The summed E-state index contributed by atoms with van der Waals surface area (Å²) in [5.41, 5.74) is 10.7. The molecule has 5 nitrogen and oxygen atoms in total. The van der Waals surface area contributed by atoms with E-state index < -0.39 is 0 Å². The predicted molar refractivity (Wildman–Crippen MR) is 73.6 cm³/mol. The van der Waals surface area contributed by atoms with Crippen molar-refractivity contribution >= 4 is 11.6 Å². The summed E-state index contributed by atoms with van der Waals surface area (Å²) in [5.74, 6) is 0.944. The fraction of sp³-hybridized carbons (Fsp3) is 0.286. The molecule has 0 radical (unpaired) electrons. The molecule has 19 heavy (non-hydrogen) atoms. The quantitative estimate of drug-likeness (QED) is 0.765. The van der Waals surface area contributed by atoms with Crippen LogP contribution in [-0.4, -0.2) is 15.9 Å². The fourth-order valence-electron chi connectivity index (χ4n) is 2.46. The highest BCUT2D eigenvalue weighted by atomic mass is 16.1. The van der Waals surface area contributed by atoms with Crippen molar-refractivity contribution in [2.24, 2.45) is 5.73 Å². The lowest BCUT2D eigenvalue weighted by Gasteiger charge is -2.17. The van der Waals surface area contributed by atoms with Gasteiger partial charge in [0.1, 0.15) is 5.82 Å². The van der Waals surface area contributed by atoms with Gasteiger partial charge in [0.2, 0.25) is 5.91 Å². The molecule has 1 aromatic heterocycles. The van der Waals surface area contributed by atoms with Crippen LogP contribution in [0.25, 0.3) is 11.3 Å². The summed E-state index contributed by atoms with van der Waals surface area (Å²) in [6.45, 7) is 2.35. The van der Waals surface area contributed by atoms with Crippen LogP contribution in [-0.2, 0) is 17.8 Å². The highest BCUT2D eigenvalue weighted by Gasteiger charge is 2.17. The van der Waals surface area contributed by atoms with Crippen LogP contribution in [0.5, 0.6) is 0 Å². The molecule has 0 atom stereocenters. The number of hydrogen-bond acceptors (Lipinski definition) is 3. The van der Waals surface area contributed by atoms with Gasteiger partial charge in [0.25, 0.3) is 0 Å². The molecule has 0 unspecified atom stereocenters. The number of hydrogen-bond donors (Lipinski definition) is 3. The minimum atomic E-state index is 0.0820. The van der Waals surface area contributed by atoms with Gasteiger partial charge >= 0.3 is 0 Å². The van der Waals surface area contributed by atoms with Crippen molar-refractivity contribution in [2.45, 2.75) is 26.3 Å². The summed E-state index contributed by atoms with van der Waals surface area (Å²) in [7, 11) is 0. The molecule has 1 aliphatic heterocycles. The number of carbonyl (C=O) groups excluding carboxylic acids is 1. The average molecular weight is 256 g/mol.